The lowest BCUT2D eigenvalue weighted by atomic mass is 9.96. The van der Waals surface area contributed by atoms with Crippen molar-refractivity contribution in [2.24, 2.45) is 9.98 Å². The Morgan fingerprint density at radius 1 is 1.14 bits per heavy atom. The minimum absolute atomic E-state index is 0.0666. The largest absolute Gasteiger partial charge is 0.379 e. The summed E-state index contributed by atoms with van der Waals surface area (Å²) in [7, 11) is -4.02. The molecule has 1 saturated heterocycles. The fraction of sp³-hybridized carbons (Fsp3) is 0.650. The van der Waals surface area contributed by atoms with E-state index < -0.39 is 10.1 Å². The van der Waals surface area contributed by atoms with Gasteiger partial charge in [0.05, 0.1) is 36.7 Å². The van der Waals surface area contributed by atoms with Gasteiger partial charge in [-0.05, 0) is 31.9 Å². The Morgan fingerprint density at radius 3 is 2.39 bits per heavy atom. The van der Waals surface area contributed by atoms with E-state index in [4.69, 9.17) is 9.29 Å². The number of nitrogens with zero attached hydrogens (tertiary/aromatic N) is 3. The van der Waals surface area contributed by atoms with Crippen LogP contribution in [0.25, 0.3) is 0 Å². The lowest BCUT2D eigenvalue weighted by Gasteiger charge is -2.25. The van der Waals surface area contributed by atoms with E-state index in [2.05, 4.69) is 20.9 Å². The SMILES string of the molecule is C(=NCCN1CCOCC1)=NC1CCCCC1.Cc1ccc(S(=O)(=O)O)cc1. The van der Waals surface area contributed by atoms with Gasteiger partial charge < -0.3 is 4.74 Å². The third kappa shape index (κ3) is 9.08. The van der Waals surface area contributed by atoms with E-state index in [-0.39, 0.29) is 4.90 Å². The molecule has 1 aliphatic heterocycles. The van der Waals surface area contributed by atoms with Gasteiger partial charge in [0.2, 0.25) is 0 Å². The molecule has 1 aromatic carbocycles. The molecule has 28 heavy (non-hydrogen) atoms. The minimum atomic E-state index is -4.02. The normalized spacial score (nSPS) is 18.5. The number of rotatable bonds is 5. The van der Waals surface area contributed by atoms with Gasteiger partial charge in [0.1, 0.15) is 0 Å². The molecule has 8 heteroatoms. The summed E-state index contributed by atoms with van der Waals surface area (Å²) in [5.74, 6) is 0. The lowest BCUT2D eigenvalue weighted by molar-refractivity contribution is 0.0395. The maximum atomic E-state index is 10.5. The highest BCUT2D eigenvalue weighted by molar-refractivity contribution is 7.85. The van der Waals surface area contributed by atoms with E-state index in [0.29, 0.717) is 6.04 Å². The summed E-state index contributed by atoms with van der Waals surface area (Å²) in [6.45, 7) is 7.46. The molecule has 1 N–H and O–H groups in total. The second kappa shape index (κ2) is 12.1. The molecule has 1 saturated carbocycles. The highest BCUT2D eigenvalue weighted by Gasteiger charge is 2.11. The number of aryl methyl sites for hydroxylation is 1. The van der Waals surface area contributed by atoms with Crippen molar-refractivity contribution in [1.82, 2.24) is 4.90 Å². The zero-order valence-electron chi connectivity index (χ0n) is 16.6. The molecule has 2 fully saturated rings. The molecule has 1 aromatic rings. The van der Waals surface area contributed by atoms with E-state index in [1.165, 1.54) is 44.2 Å². The summed E-state index contributed by atoms with van der Waals surface area (Å²) >= 11 is 0. The molecule has 0 atom stereocenters. The van der Waals surface area contributed by atoms with Crippen LogP contribution in [0.4, 0.5) is 0 Å². The van der Waals surface area contributed by atoms with Crippen LogP contribution >= 0.6 is 0 Å². The van der Waals surface area contributed by atoms with Gasteiger partial charge in [-0.25, -0.2) is 9.98 Å². The topological polar surface area (TPSA) is 91.6 Å². The number of hydrogen-bond acceptors (Lipinski definition) is 6. The number of aliphatic imine (C=N–C) groups is 2. The van der Waals surface area contributed by atoms with Crippen LogP contribution in [0.5, 0.6) is 0 Å². The molecule has 156 valence electrons. The maximum absolute atomic E-state index is 10.5. The second-order valence-electron chi connectivity index (χ2n) is 7.14. The lowest BCUT2D eigenvalue weighted by Crippen LogP contribution is -2.37. The van der Waals surface area contributed by atoms with Gasteiger partial charge in [-0.3, -0.25) is 9.45 Å². The number of morpholine rings is 1. The van der Waals surface area contributed by atoms with Gasteiger partial charge in [-0.1, -0.05) is 37.0 Å². The summed E-state index contributed by atoms with van der Waals surface area (Å²) in [4.78, 5) is 11.0. The van der Waals surface area contributed by atoms with E-state index in [0.717, 1.165) is 45.0 Å². The summed E-state index contributed by atoms with van der Waals surface area (Å²) in [5.41, 5.74) is 0.956. The van der Waals surface area contributed by atoms with Crippen LogP contribution in [0.15, 0.2) is 39.1 Å². The Hall–Kier alpha value is -1.57. The minimum Gasteiger partial charge on any atom is -0.379 e. The average molecular weight is 410 g/mol. The Balaban J connectivity index is 0.000000221. The van der Waals surface area contributed by atoms with Crippen LogP contribution in [0, 0.1) is 6.92 Å². The van der Waals surface area contributed by atoms with Crippen LogP contribution in [0.1, 0.15) is 37.7 Å². The first-order valence-electron chi connectivity index (χ1n) is 9.91. The first kappa shape index (κ1) is 22.7. The van der Waals surface area contributed by atoms with Gasteiger partial charge in [0.15, 0.2) is 0 Å². The zero-order chi connectivity index (χ0) is 20.2. The van der Waals surface area contributed by atoms with E-state index in [1.54, 1.807) is 12.1 Å². The highest BCUT2D eigenvalue weighted by atomic mass is 32.2. The molecule has 0 radical (unpaired) electrons. The van der Waals surface area contributed by atoms with E-state index in [1.807, 2.05) is 6.92 Å². The van der Waals surface area contributed by atoms with Crippen LogP contribution in [-0.4, -0.2) is 69.3 Å². The van der Waals surface area contributed by atoms with Crippen LogP contribution in [0.2, 0.25) is 0 Å². The van der Waals surface area contributed by atoms with Crippen LogP contribution in [-0.2, 0) is 14.9 Å². The summed E-state index contributed by atoms with van der Waals surface area (Å²) in [5, 5.41) is 0. The van der Waals surface area contributed by atoms with Crippen molar-refractivity contribution in [2.45, 2.75) is 50.0 Å². The summed E-state index contributed by atoms with van der Waals surface area (Å²) in [6.07, 6.45) is 6.48. The quantitative estimate of drug-likeness (QED) is 0.596. The maximum Gasteiger partial charge on any atom is 0.294 e. The highest BCUT2D eigenvalue weighted by Crippen LogP contribution is 2.19. The van der Waals surface area contributed by atoms with Crippen molar-refractivity contribution in [2.75, 3.05) is 39.4 Å². The second-order valence-corrected chi connectivity index (χ2v) is 8.57. The smallest absolute Gasteiger partial charge is 0.294 e. The summed E-state index contributed by atoms with van der Waals surface area (Å²) < 4.78 is 34.9. The summed E-state index contributed by atoms with van der Waals surface area (Å²) in [6, 6.07) is 9.37. The van der Waals surface area contributed by atoms with E-state index in [9.17, 15) is 8.42 Å². The van der Waals surface area contributed by atoms with E-state index >= 15 is 0 Å². The molecule has 0 spiro atoms. The fourth-order valence-electron chi connectivity index (χ4n) is 3.11. The van der Waals surface area contributed by atoms with Crippen LogP contribution < -0.4 is 0 Å². The standard InChI is InChI=1S/C13H23N3O.C7H8O3S/c1-2-4-13(5-3-1)15-12-14-6-7-16-8-10-17-11-9-16;1-6-2-4-7(5-3-6)11(8,9)10/h13H,1-11H2;2-5H,1H3,(H,8,9,10). The molecule has 0 aromatic heterocycles. The monoisotopic (exact) mass is 409 g/mol. The first-order valence-corrected chi connectivity index (χ1v) is 11.3. The predicted octanol–water partition coefficient (Wildman–Crippen LogP) is 3.07. The number of ether oxygens (including phenoxy) is 1. The fourth-order valence-corrected chi connectivity index (χ4v) is 3.59. The molecule has 7 nitrogen and oxygen atoms in total. The molecular weight excluding hydrogens is 378 g/mol. The molecule has 2 aliphatic rings. The first-order chi connectivity index (χ1) is 13.4. The Labute approximate surface area is 168 Å². The van der Waals surface area contributed by atoms with Crippen molar-refractivity contribution >= 4 is 16.1 Å². The number of hydrogen-bond donors (Lipinski definition) is 1. The van der Waals surface area contributed by atoms with Crippen molar-refractivity contribution < 1.29 is 17.7 Å². The van der Waals surface area contributed by atoms with Gasteiger partial charge >= 0.3 is 0 Å². The molecular formula is C20H31N3O4S. The van der Waals surface area contributed by atoms with Crippen molar-refractivity contribution in [3.05, 3.63) is 29.8 Å². The Morgan fingerprint density at radius 2 is 1.79 bits per heavy atom. The number of benzene rings is 1. The van der Waals surface area contributed by atoms with Gasteiger partial charge in [0.25, 0.3) is 10.1 Å². The Bertz CT molecular complexity index is 731. The third-order valence-electron chi connectivity index (χ3n) is 4.84. The molecule has 0 amide bonds. The zero-order valence-corrected chi connectivity index (χ0v) is 17.4. The molecule has 3 rings (SSSR count). The van der Waals surface area contributed by atoms with Crippen molar-refractivity contribution in [3.63, 3.8) is 0 Å². The molecule has 0 bridgehead atoms. The van der Waals surface area contributed by atoms with Crippen molar-refractivity contribution in [1.29, 1.82) is 0 Å². The molecule has 1 aliphatic carbocycles. The van der Waals surface area contributed by atoms with Gasteiger partial charge in [-0.15, -0.1) is 0 Å². The Kier molecular flexibility index (Phi) is 9.81. The van der Waals surface area contributed by atoms with Crippen LogP contribution in [0.3, 0.4) is 0 Å². The van der Waals surface area contributed by atoms with Gasteiger partial charge in [0, 0.05) is 19.6 Å². The predicted molar refractivity (Wildman–Crippen MR) is 110 cm³/mol. The molecule has 1 heterocycles. The third-order valence-corrected chi connectivity index (χ3v) is 5.70. The van der Waals surface area contributed by atoms with Gasteiger partial charge in [-0.2, -0.15) is 8.42 Å². The van der Waals surface area contributed by atoms with Crippen molar-refractivity contribution in [3.8, 4) is 0 Å². The molecule has 0 unspecified atom stereocenters. The average Bonchev–Trinajstić information content (AvgIpc) is 2.69.